The minimum absolute atomic E-state index is 0.0239. The van der Waals surface area contributed by atoms with Gasteiger partial charge in [0.2, 0.25) is 0 Å². The molecule has 0 saturated heterocycles. The van der Waals surface area contributed by atoms with Gasteiger partial charge in [-0.05, 0) is 13.3 Å². The minimum atomic E-state index is -0.499. The normalized spacial score (nSPS) is 10.3. The minimum Gasteiger partial charge on any atom is -0.461 e. The fourth-order valence-corrected chi connectivity index (χ4v) is 1.19. The fourth-order valence-electron chi connectivity index (χ4n) is 1.19. The second-order valence-corrected chi connectivity index (χ2v) is 3.37. The van der Waals surface area contributed by atoms with Crippen molar-refractivity contribution in [2.75, 3.05) is 38.3 Å². The van der Waals surface area contributed by atoms with Crippen LogP contribution in [0.5, 0.6) is 0 Å². The maximum Gasteiger partial charge on any atom is 0.360 e. The zero-order chi connectivity index (χ0) is 13.2. The lowest BCUT2D eigenvalue weighted by Gasteiger charge is -2.02. The first kappa shape index (κ1) is 14.5. The van der Waals surface area contributed by atoms with Crippen LogP contribution < -0.4 is 5.32 Å². The van der Waals surface area contributed by atoms with E-state index in [1.807, 2.05) is 0 Å². The molecule has 0 aliphatic rings. The number of hydrogen-bond donors (Lipinski definition) is 2. The van der Waals surface area contributed by atoms with Gasteiger partial charge in [0.15, 0.2) is 5.69 Å². The summed E-state index contributed by atoms with van der Waals surface area (Å²) in [5.41, 5.74) is 0.149. The molecule has 1 aromatic rings. The molecule has 0 atom stereocenters. The van der Waals surface area contributed by atoms with Crippen LogP contribution in [-0.2, 0) is 9.47 Å². The van der Waals surface area contributed by atoms with Crippen molar-refractivity contribution in [3.63, 3.8) is 0 Å². The van der Waals surface area contributed by atoms with Crippen molar-refractivity contribution in [3.8, 4) is 0 Å². The number of carbonyl (C=O) groups excluding carboxylic acids is 1. The highest BCUT2D eigenvalue weighted by atomic mass is 16.5. The Morgan fingerprint density at radius 3 is 3.11 bits per heavy atom. The second kappa shape index (κ2) is 8.48. The van der Waals surface area contributed by atoms with E-state index in [4.69, 9.17) is 19.0 Å². The molecule has 7 heteroatoms. The van der Waals surface area contributed by atoms with Gasteiger partial charge in [0.05, 0.1) is 19.8 Å². The Balaban J connectivity index is 2.21. The summed E-state index contributed by atoms with van der Waals surface area (Å²) in [6, 6.07) is 0.278. The third kappa shape index (κ3) is 5.15. The highest BCUT2D eigenvalue weighted by Gasteiger charge is 2.12. The van der Waals surface area contributed by atoms with E-state index in [1.54, 1.807) is 6.92 Å². The quantitative estimate of drug-likeness (QED) is 0.496. The van der Waals surface area contributed by atoms with Gasteiger partial charge < -0.3 is 24.3 Å². The molecule has 0 aliphatic carbocycles. The Morgan fingerprint density at radius 2 is 2.39 bits per heavy atom. The summed E-state index contributed by atoms with van der Waals surface area (Å²) >= 11 is 0. The first-order chi connectivity index (χ1) is 8.77. The average Bonchev–Trinajstić information content (AvgIpc) is 2.83. The number of oxazole rings is 1. The third-order valence-electron chi connectivity index (χ3n) is 1.97. The van der Waals surface area contributed by atoms with Crippen molar-refractivity contribution in [1.82, 2.24) is 4.98 Å². The van der Waals surface area contributed by atoms with Gasteiger partial charge in [-0.3, -0.25) is 0 Å². The molecular weight excluding hydrogens is 240 g/mol. The van der Waals surface area contributed by atoms with Crippen LogP contribution in [0.3, 0.4) is 0 Å². The lowest BCUT2D eigenvalue weighted by Crippen LogP contribution is -2.08. The van der Waals surface area contributed by atoms with Crippen molar-refractivity contribution in [2.45, 2.75) is 13.3 Å². The number of aromatic nitrogens is 1. The smallest absolute Gasteiger partial charge is 0.360 e. The summed E-state index contributed by atoms with van der Waals surface area (Å²) in [5.74, 6) is -0.499. The van der Waals surface area contributed by atoms with Gasteiger partial charge in [0, 0.05) is 13.2 Å². The molecule has 0 unspecified atom stereocenters. The van der Waals surface area contributed by atoms with Gasteiger partial charge in [0.25, 0.3) is 6.01 Å². The Kier molecular flexibility index (Phi) is 6.82. The molecule has 0 amide bonds. The Hall–Kier alpha value is -1.60. The fraction of sp³-hybridized carbons (Fsp3) is 0.636. The first-order valence-corrected chi connectivity index (χ1v) is 5.83. The van der Waals surface area contributed by atoms with Crippen molar-refractivity contribution in [1.29, 1.82) is 0 Å². The Labute approximate surface area is 105 Å². The van der Waals surface area contributed by atoms with Crippen molar-refractivity contribution in [3.05, 3.63) is 12.0 Å². The van der Waals surface area contributed by atoms with Crippen LogP contribution in [0.1, 0.15) is 23.8 Å². The monoisotopic (exact) mass is 258 g/mol. The van der Waals surface area contributed by atoms with Crippen LogP contribution in [0, 0.1) is 0 Å². The van der Waals surface area contributed by atoms with Gasteiger partial charge in [-0.15, -0.1) is 0 Å². The van der Waals surface area contributed by atoms with Gasteiger partial charge >= 0.3 is 5.97 Å². The van der Waals surface area contributed by atoms with Crippen molar-refractivity contribution >= 4 is 12.0 Å². The summed E-state index contributed by atoms with van der Waals surface area (Å²) in [6.07, 6.45) is 2.00. The summed E-state index contributed by atoms with van der Waals surface area (Å²) in [4.78, 5) is 15.2. The SMILES string of the molecule is CCOC(=O)c1coc(NCCCOCCO)n1. The maximum atomic E-state index is 11.3. The molecule has 0 saturated carbocycles. The number of hydrogen-bond acceptors (Lipinski definition) is 7. The van der Waals surface area contributed by atoms with E-state index in [1.165, 1.54) is 6.26 Å². The van der Waals surface area contributed by atoms with Crippen LogP contribution in [-0.4, -0.2) is 49.0 Å². The lowest BCUT2D eigenvalue weighted by atomic mass is 10.4. The van der Waals surface area contributed by atoms with Gasteiger partial charge in [0.1, 0.15) is 6.26 Å². The third-order valence-corrected chi connectivity index (χ3v) is 1.97. The highest BCUT2D eigenvalue weighted by Crippen LogP contribution is 2.08. The molecule has 1 heterocycles. The van der Waals surface area contributed by atoms with E-state index < -0.39 is 5.97 Å². The van der Waals surface area contributed by atoms with Crippen LogP contribution in [0.4, 0.5) is 6.01 Å². The molecule has 0 radical (unpaired) electrons. The molecular formula is C11H18N2O5. The van der Waals surface area contributed by atoms with Crippen LogP contribution in [0.15, 0.2) is 10.7 Å². The highest BCUT2D eigenvalue weighted by molar-refractivity contribution is 5.87. The number of carbonyl (C=O) groups is 1. The summed E-state index contributed by atoms with van der Waals surface area (Å²) in [6.45, 7) is 3.54. The predicted octanol–water partition coefficient (Wildman–Crippen LogP) is 0.662. The topological polar surface area (TPSA) is 93.8 Å². The molecule has 1 aromatic heterocycles. The van der Waals surface area contributed by atoms with Crippen LogP contribution >= 0.6 is 0 Å². The number of rotatable bonds is 9. The summed E-state index contributed by atoms with van der Waals surface area (Å²) in [7, 11) is 0. The van der Waals surface area contributed by atoms with Gasteiger partial charge in [-0.1, -0.05) is 0 Å². The molecule has 1 rings (SSSR count). The maximum absolute atomic E-state index is 11.3. The lowest BCUT2D eigenvalue weighted by molar-refractivity contribution is 0.0519. The van der Waals surface area contributed by atoms with Crippen LogP contribution in [0.25, 0.3) is 0 Å². The zero-order valence-corrected chi connectivity index (χ0v) is 10.3. The molecule has 0 bridgehead atoms. The standard InChI is InChI=1S/C11H18N2O5/c1-2-17-10(15)9-8-18-11(13-9)12-4-3-6-16-7-5-14/h8,14H,2-7H2,1H3,(H,12,13). The first-order valence-electron chi connectivity index (χ1n) is 5.83. The largest absolute Gasteiger partial charge is 0.461 e. The molecule has 7 nitrogen and oxygen atoms in total. The Morgan fingerprint density at radius 1 is 1.56 bits per heavy atom. The van der Waals surface area contributed by atoms with E-state index in [9.17, 15) is 4.79 Å². The van der Waals surface area contributed by atoms with Crippen LogP contribution in [0.2, 0.25) is 0 Å². The molecule has 0 spiro atoms. The van der Waals surface area contributed by atoms with Crippen molar-refractivity contribution < 1.29 is 23.8 Å². The zero-order valence-electron chi connectivity index (χ0n) is 10.3. The number of nitrogens with one attached hydrogen (secondary N) is 1. The number of anilines is 1. The van der Waals surface area contributed by atoms with E-state index in [0.29, 0.717) is 26.4 Å². The van der Waals surface area contributed by atoms with E-state index in [0.717, 1.165) is 6.42 Å². The number of esters is 1. The molecule has 0 aromatic carbocycles. The molecule has 2 N–H and O–H groups in total. The van der Waals surface area contributed by atoms with Gasteiger partial charge in [-0.2, -0.15) is 4.98 Å². The summed E-state index contributed by atoms with van der Waals surface area (Å²) in [5, 5.41) is 11.4. The molecule has 0 fully saturated rings. The number of aliphatic hydroxyl groups excluding tert-OH is 1. The second-order valence-electron chi connectivity index (χ2n) is 3.37. The van der Waals surface area contributed by atoms with Gasteiger partial charge in [-0.25, -0.2) is 4.79 Å². The average molecular weight is 258 g/mol. The Bertz CT molecular complexity index is 353. The van der Waals surface area contributed by atoms with E-state index in [-0.39, 0.29) is 18.3 Å². The molecule has 18 heavy (non-hydrogen) atoms. The van der Waals surface area contributed by atoms with E-state index >= 15 is 0 Å². The number of nitrogens with zero attached hydrogens (tertiary/aromatic N) is 1. The van der Waals surface area contributed by atoms with E-state index in [2.05, 4.69) is 10.3 Å². The molecule has 0 aliphatic heterocycles. The molecule has 102 valence electrons. The number of aliphatic hydroxyl groups is 1. The number of ether oxygens (including phenoxy) is 2. The van der Waals surface area contributed by atoms with Crippen molar-refractivity contribution in [2.24, 2.45) is 0 Å². The predicted molar refractivity (Wildman–Crippen MR) is 63.5 cm³/mol. The summed E-state index contributed by atoms with van der Waals surface area (Å²) < 4.78 is 14.9.